The number of benzene rings is 3. The second kappa shape index (κ2) is 13.2. The van der Waals surface area contributed by atoms with Crippen LogP contribution in [0, 0.1) is 5.92 Å². The van der Waals surface area contributed by atoms with E-state index in [-0.39, 0.29) is 40.7 Å². The first kappa shape index (κ1) is 31.4. The molecule has 0 unspecified atom stereocenters. The maximum absolute atomic E-state index is 13.7. The number of hydrogen-bond donors (Lipinski definition) is 2. The number of aliphatic hydroxyl groups is 1. The van der Waals surface area contributed by atoms with E-state index in [0.717, 1.165) is 5.56 Å². The number of hydrogen-bond acceptors (Lipinski definition) is 6. The number of aliphatic hydroxyl groups excluding tert-OH is 1. The van der Waals surface area contributed by atoms with E-state index in [4.69, 9.17) is 39.5 Å². The molecule has 2 N–H and O–H groups in total. The van der Waals surface area contributed by atoms with Gasteiger partial charge in [-0.3, -0.25) is 14.4 Å². The molecule has 0 saturated heterocycles. The Labute approximate surface area is 255 Å². The fourth-order valence-electron chi connectivity index (χ4n) is 4.65. The van der Waals surface area contributed by atoms with Crippen LogP contribution >= 0.6 is 34.8 Å². The van der Waals surface area contributed by atoms with Gasteiger partial charge in [0.25, 0.3) is 15.9 Å². The first-order valence-corrected chi connectivity index (χ1v) is 15.6. The molecule has 3 atom stereocenters. The van der Waals surface area contributed by atoms with Crippen molar-refractivity contribution >= 4 is 56.4 Å². The van der Waals surface area contributed by atoms with Crippen LogP contribution in [0.2, 0.25) is 15.1 Å². The lowest BCUT2D eigenvalue weighted by Gasteiger charge is -2.38. The van der Waals surface area contributed by atoms with Gasteiger partial charge in [-0.05, 0) is 74.1 Å². The van der Waals surface area contributed by atoms with Gasteiger partial charge in [0.1, 0.15) is 11.9 Å². The highest BCUT2D eigenvalue weighted by Crippen LogP contribution is 2.32. The summed E-state index contributed by atoms with van der Waals surface area (Å²) >= 11 is 18.2. The third-order valence-electron chi connectivity index (χ3n) is 6.97. The second-order valence-corrected chi connectivity index (χ2v) is 13.3. The molecule has 1 aliphatic heterocycles. The average Bonchev–Trinajstić information content (AvgIpc) is 2.92. The number of carbonyl (C=O) groups excluding carboxylic acids is 1. The third kappa shape index (κ3) is 7.66. The molecule has 1 heterocycles. The summed E-state index contributed by atoms with van der Waals surface area (Å²) in [6, 6.07) is 15.4. The lowest BCUT2D eigenvalue weighted by atomic mass is 9.99. The standard InChI is InChI=1S/C29H32Cl3N3O5S/c1-18-14-35(19(2)17-36)29(37)24-13-22(33-41(38,39)23-8-5-21(30)6-9-23)7-11-27(24)40-28(18)16-34(3)15-20-4-10-25(31)26(32)12-20/h4-13,18-19,28,33,36H,14-17H2,1-3H3/t18-,19+,28+/m0/s1. The Hall–Kier alpha value is -2.53. The van der Waals surface area contributed by atoms with Crippen molar-refractivity contribution in [2.45, 2.75) is 37.4 Å². The molecule has 0 radical (unpaired) electrons. The van der Waals surface area contributed by atoms with Gasteiger partial charge >= 0.3 is 0 Å². The molecule has 3 aromatic rings. The molecule has 1 aliphatic rings. The number of anilines is 1. The minimum Gasteiger partial charge on any atom is -0.488 e. The summed E-state index contributed by atoms with van der Waals surface area (Å²) in [6.07, 6.45) is -0.320. The number of halogens is 3. The molecular formula is C29H32Cl3N3O5S. The zero-order valence-electron chi connectivity index (χ0n) is 22.9. The van der Waals surface area contributed by atoms with Crippen LogP contribution in [0.1, 0.15) is 29.8 Å². The van der Waals surface area contributed by atoms with E-state index >= 15 is 0 Å². The van der Waals surface area contributed by atoms with Gasteiger partial charge in [-0.25, -0.2) is 8.42 Å². The van der Waals surface area contributed by atoms with Crippen molar-refractivity contribution in [1.29, 1.82) is 0 Å². The van der Waals surface area contributed by atoms with E-state index in [9.17, 15) is 18.3 Å². The number of nitrogens with one attached hydrogen (secondary N) is 1. The topological polar surface area (TPSA) is 99.2 Å². The monoisotopic (exact) mass is 639 g/mol. The van der Waals surface area contributed by atoms with Gasteiger partial charge in [-0.15, -0.1) is 0 Å². The fraction of sp³-hybridized carbons (Fsp3) is 0.345. The van der Waals surface area contributed by atoms with Crippen LogP contribution in [0.4, 0.5) is 5.69 Å². The predicted molar refractivity (Wildman–Crippen MR) is 163 cm³/mol. The summed E-state index contributed by atoms with van der Waals surface area (Å²) in [5.41, 5.74) is 1.39. The molecule has 3 aromatic carbocycles. The number of rotatable bonds is 9. The van der Waals surface area contributed by atoms with Crippen molar-refractivity contribution in [3.05, 3.63) is 86.9 Å². The lowest BCUT2D eigenvalue weighted by Crippen LogP contribution is -2.49. The molecule has 4 rings (SSSR count). The van der Waals surface area contributed by atoms with Gasteiger partial charge in [0.2, 0.25) is 0 Å². The predicted octanol–water partition coefficient (Wildman–Crippen LogP) is 5.80. The summed E-state index contributed by atoms with van der Waals surface area (Å²) in [5, 5.41) is 11.3. The molecule has 0 aromatic heterocycles. The molecule has 8 nitrogen and oxygen atoms in total. The second-order valence-electron chi connectivity index (χ2n) is 10.3. The van der Waals surface area contributed by atoms with Crippen LogP contribution in [0.25, 0.3) is 0 Å². The van der Waals surface area contributed by atoms with E-state index in [1.807, 2.05) is 26.1 Å². The highest BCUT2D eigenvalue weighted by atomic mass is 35.5. The van der Waals surface area contributed by atoms with Crippen molar-refractivity contribution in [3.8, 4) is 5.75 Å². The van der Waals surface area contributed by atoms with Crippen LogP contribution in [0.15, 0.2) is 65.6 Å². The normalized spacial score (nSPS) is 18.3. The SMILES string of the molecule is C[C@H](CO)N1C[C@H](C)[C@@H](CN(C)Cc2ccc(Cl)c(Cl)c2)Oc2ccc(NS(=O)(=O)c3ccc(Cl)cc3)cc2C1=O. The van der Waals surface area contributed by atoms with Crippen LogP contribution < -0.4 is 9.46 Å². The summed E-state index contributed by atoms with van der Waals surface area (Å²) in [5.74, 6) is -0.108. The zero-order chi connectivity index (χ0) is 29.9. The fourth-order valence-corrected chi connectivity index (χ4v) is 6.15. The quantitative estimate of drug-likeness (QED) is 0.307. The smallest absolute Gasteiger partial charge is 0.261 e. The molecule has 1 amide bonds. The van der Waals surface area contributed by atoms with Gasteiger partial charge in [-0.2, -0.15) is 0 Å². The highest BCUT2D eigenvalue weighted by Gasteiger charge is 2.33. The van der Waals surface area contributed by atoms with E-state index in [2.05, 4.69) is 9.62 Å². The number of likely N-dealkylation sites (N-methyl/N-ethyl adjacent to an activating group) is 1. The van der Waals surface area contributed by atoms with Gasteiger partial charge in [-0.1, -0.05) is 47.8 Å². The van der Waals surface area contributed by atoms with E-state index in [1.54, 1.807) is 30.0 Å². The first-order valence-electron chi connectivity index (χ1n) is 13.0. The average molecular weight is 641 g/mol. The van der Waals surface area contributed by atoms with Crippen molar-refractivity contribution in [2.75, 3.05) is 31.5 Å². The Morgan fingerprint density at radius 1 is 1.07 bits per heavy atom. The molecule has 0 spiro atoms. The summed E-state index contributed by atoms with van der Waals surface area (Å²) in [6.45, 7) is 5.01. The van der Waals surface area contributed by atoms with Crippen molar-refractivity contribution in [1.82, 2.24) is 9.80 Å². The van der Waals surface area contributed by atoms with Crippen LogP contribution in [0.3, 0.4) is 0 Å². The zero-order valence-corrected chi connectivity index (χ0v) is 25.9. The van der Waals surface area contributed by atoms with E-state index in [0.29, 0.717) is 40.5 Å². The number of fused-ring (bicyclic) bond motifs is 1. The minimum absolute atomic E-state index is 0.0330. The molecule has 220 valence electrons. The number of nitrogens with zero attached hydrogens (tertiary/aromatic N) is 2. The Morgan fingerprint density at radius 3 is 2.44 bits per heavy atom. The summed E-state index contributed by atoms with van der Waals surface area (Å²) < 4.78 is 34.9. The Bertz CT molecular complexity index is 1500. The van der Waals surface area contributed by atoms with Crippen LogP contribution in [-0.4, -0.2) is 68.1 Å². The van der Waals surface area contributed by atoms with Crippen molar-refractivity contribution < 1.29 is 23.1 Å². The molecule has 0 fully saturated rings. The van der Waals surface area contributed by atoms with Gasteiger partial charge in [0.05, 0.1) is 33.2 Å². The molecule has 0 saturated carbocycles. The Morgan fingerprint density at radius 2 is 1.78 bits per heavy atom. The van der Waals surface area contributed by atoms with Gasteiger partial charge in [0.15, 0.2) is 0 Å². The number of ether oxygens (including phenoxy) is 1. The van der Waals surface area contributed by atoms with Gasteiger partial charge in [0, 0.05) is 36.3 Å². The van der Waals surface area contributed by atoms with Crippen molar-refractivity contribution in [3.63, 3.8) is 0 Å². The number of amides is 1. The number of carbonyl (C=O) groups is 1. The maximum Gasteiger partial charge on any atom is 0.261 e. The van der Waals surface area contributed by atoms with E-state index in [1.165, 1.54) is 30.3 Å². The largest absolute Gasteiger partial charge is 0.488 e. The highest BCUT2D eigenvalue weighted by molar-refractivity contribution is 7.92. The molecule has 12 heteroatoms. The lowest BCUT2D eigenvalue weighted by molar-refractivity contribution is 0.0341. The van der Waals surface area contributed by atoms with Crippen molar-refractivity contribution in [2.24, 2.45) is 5.92 Å². The summed E-state index contributed by atoms with van der Waals surface area (Å²) in [4.78, 5) is 17.4. The molecule has 41 heavy (non-hydrogen) atoms. The first-order chi connectivity index (χ1) is 19.4. The van der Waals surface area contributed by atoms with Crippen LogP contribution in [-0.2, 0) is 16.6 Å². The van der Waals surface area contributed by atoms with Crippen LogP contribution in [0.5, 0.6) is 5.75 Å². The molecular weight excluding hydrogens is 609 g/mol. The molecule has 0 aliphatic carbocycles. The van der Waals surface area contributed by atoms with E-state index < -0.39 is 16.1 Å². The Balaban J connectivity index is 1.62. The minimum atomic E-state index is -3.93. The Kier molecular flexibility index (Phi) is 10.1. The third-order valence-corrected chi connectivity index (χ3v) is 9.36. The summed E-state index contributed by atoms with van der Waals surface area (Å²) in [7, 11) is -1.97. The molecule has 0 bridgehead atoms. The number of sulfonamides is 1. The van der Waals surface area contributed by atoms with Gasteiger partial charge < -0.3 is 14.7 Å². The maximum atomic E-state index is 13.7.